The second kappa shape index (κ2) is 4.52. The summed E-state index contributed by atoms with van der Waals surface area (Å²) in [5.41, 5.74) is 11.4. The molecule has 112 valence electrons. The van der Waals surface area contributed by atoms with Gasteiger partial charge in [-0.25, -0.2) is 4.52 Å². The predicted octanol–water partition coefficient (Wildman–Crippen LogP) is 3.25. The van der Waals surface area contributed by atoms with Gasteiger partial charge < -0.3 is 5.73 Å². The van der Waals surface area contributed by atoms with Crippen LogP contribution in [0.1, 0.15) is 40.2 Å². The molecule has 0 unspecified atom stereocenters. The summed E-state index contributed by atoms with van der Waals surface area (Å²) in [6.45, 7) is 12.4. The molecule has 4 heteroatoms. The minimum Gasteiger partial charge on any atom is -0.396 e. The Morgan fingerprint density at radius 1 is 1.24 bits per heavy atom. The van der Waals surface area contributed by atoms with Gasteiger partial charge >= 0.3 is 0 Å². The summed E-state index contributed by atoms with van der Waals surface area (Å²) >= 11 is 0. The first-order valence-electron chi connectivity index (χ1n) is 8.01. The fourth-order valence-electron chi connectivity index (χ4n) is 3.84. The Hall–Kier alpha value is -1.45. The van der Waals surface area contributed by atoms with E-state index in [4.69, 9.17) is 5.73 Å². The average Bonchev–Trinajstić information content (AvgIpc) is 2.87. The van der Waals surface area contributed by atoms with Crippen LogP contribution in [0, 0.1) is 10.8 Å². The summed E-state index contributed by atoms with van der Waals surface area (Å²) < 4.78 is 1.97. The highest BCUT2D eigenvalue weighted by Gasteiger charge is 2.48. The van der Waals surface area contributed by atoms with Crippen LogP contribution in [-0.2, 0) is 6.42 Å². The summed E-state index contributed by atoms with van der Waals surface area (Å²) in [6, 6.07) is 2.36. The predicted molar refractivity (Wildman–Crippen MR) is 91.5 cm³/mol. The molecule has 3 heterocycles. The monoisotopic (exact) mass is 283 g/mol. The van der Waals surface area contributed by atoms with Gasteiger partial charge in [-0.3, -0.25) is 0 Å². The summed E-state index contributed by atoms with van der Waals surface area (Å²) in [5, 5.41) is 4.42. The zero-order chi connectivity index (χ0) is 15.4. The molecular formula is C17H26BN3. The molecule has 3 nitrogen and oxygen atoms in total. The van der Waals surface area contributed by atoms with Crippen molar-refractivity contribution >= 4 is 23.4 Å². The molecule has 2 aromatic heterocycles. The van der Waals surface area contributed by atoms with E-state index in [-0.39, 0.29) is 0 Å². The highest BCUT2D eigenvalue weighted by molar-refractivity contribution is 6.74. The maximum atomic E-state index is 6.06. The molecule has 0 aliphatic carbocycles. The molecule has 0 bridgehead atoms. The van der Waals surface area contributed by atoms with E-state index >= 15 is 0 Å². The number of anilines is 1. The second-order valence-corrected chi connectivity index (χ2v) is 7.92. The molecule has 1 saturated heterocycles. The molecule has 0 spiro atoms. The minimum atomic E-state index is 0.377. The van der Waals surface area contributed by atoms with E-state index in [1.807, 2.05) is 4.52 Å². The minimum absolute atomic E-state index is 0.377. The summed E-state index contributed by atoms with van der Waals surface area (Å²) in [7, 11) is 0. The number of pyridine rings is 1. The first kappa shape index (κ1) is 14.5. The van der Waals surface area contributed by atoms with Crippen molar-refractivity contribution in [1.29, 1.82) is 0 Å². The van der Waals surface area contributed by atoms with Crippen molar-refractivity contribution in [3.05, 3.63) is 24.0 Å². The van der Waals surface area contributed by atoms with Crippen molar-refractivity contribution in [2.45, 2.75) is 53.7 Å². The van der Waals surface area contributed by atoms with Gasteiger partial charge in [0.1, 0.15) is 0 Å². The SMILES string of the molecule is CCc1cc(B2CC(C)(C)C(C)(C)C2)cn2ncc(N)c12. The van der Waals surface area contributed by atoms with Gasteiger partial charge in [-0.05, 0) is 22.8 Å². The number of rotatable bonds is 2. The third kappa shape index (κ3) is 2.16. The molecule has 1 aliphatic rings. The number of hydrogen-bond donors (Lipinski definition) is 1. The standard InChI is InChI=1S/C17H26BN3/c1-6-12-7-13(9-21-15(12)14(19)8-20-21)18-10-16(2,3)17(4,5)11-18/h7-9H,6,10-11,19H2,1-5H3. The maximum Gasteiger partial charge on any atom is 0.179 e. The number of aryl methyl sites for hydroxylation is 1. The van der Waals surface area contributed by atoms with Gasteiger partial charge in [0.05, 0.1) is 17.4 Å². The lowest BCUT2D eigenvalue weighted by molar-refractivity contribution is 0.177. The van der Waals surface area contributed by atoms with Crippen LogP contribution in [0.25, 0.3) is 5.52 Å². The second-order valence-electron chi connectivity index (χ2n) is 7.92. The lowest BCUT2D eigenvalue weighted by Gasteiger charge is -2.35. The number of hydrogen-bond acceptors (Lipinski definition) is 2. The molecule has 0 amide bonds. The Morgan fingerprint density at radius 2 is 1.86 bits per heavy atom. The lowest BCUT2D eigenvalue weighted by Crippen LogP contribution is -2.29. The van der Waals surface area contributed by atoms with E-state index < -0.39 is 0 Å². The van der Waals surface area contributed by atoms with Crippen molar-refractivity contribution in [2.24, 2.45) is 10.8 Å². The Morgan fingerprint density at radius 3 is 2.43 bits per heavy atom. The first-order chi connectivity index (χ1) is 9.75. The largest absolute Gasteiger partial charge is 0.396 e. The van der Waals surface area contributed by atoms with E-state index in [0.29, 0.717) is 17.5 Å². The quantitative estimate of drug-likeness (QED) is 0.860. The number of nitrogens with two attached hydrogens (primary N) is 1. The van der Waals surface area contributed by atoms with E-state index in [0.717, 1.165) is 17.6 Å². The van der Waals surface area contributed by atoms with Gasteiger partial charge in [0.25, 0.3) is 0 Å². The van der Waals surface area contributed by atoms with Crippen LogP contribution in [0.4, 0.5) is 5.69 Å². The van der Waals surface area contributed by atoms with Crippen LogP contribution in [-0.4, -0.2) is 16.3 Å². The molecule has 1 fully saturated rings. The molecule has 1 aliphatic heterocycles. The number of aromatic nitrogens is 2. The van der Waals surface area contributed by atoms with Crippen molar-refractivity contribution in [3.63, 3.8) is 0 Å². The molecule has 0 radical (unpaired) electrons. The number of nitrogen functional groups attached to an aromatic ring is 1. The molecule has 2 aromatic rings. The van der Waals surface area contributed by atoms with Crippen molar-refractivity contribution in [2.75, 3.05) is 5.73 Å². The van der Waals surface area contributed by atoms with E-state index in [1.165, 1.54) is 23.7 Å². The zero-order valence-electron chi connectivity index (χ0n) is 13.9. The van der Waals surface area contributed by atoms with Crippen molar-refractivity contribution < 1.29 is 0 Å². The van der Waals surface area contributed by atoms with Crippen LogP contribution in [0.15, 0.2) is 18.5 Å². The molecule has 3 rings (SSSR count). The molecule has 0 aromatic carbocycles. The van der Waals surface area contributed by atoms with Gasteiger partial charge in [-0.15, -0.1) is 0 Å². The molecule has 2 N–H and O–H groups in total. The molecule has 21 heavy (non-hydrogen) atoms. The van der Waals surface area contributed by atoms with Crippen LogP contribution >= 0.6 is 0 Å². The van der Waals surface area contributed by atoms with Crippen molar-refractivity contribution in [3.8, 4) is 0 Å². The maximum absolute atomic E-state index is 6.06. The fourth-order valence-corrected chi connectivity index (χ4v) is 3.84. The molecule has 0 saturated carbocycles. The topological polar surface area (TPSA) is 43.3 Å². The highest BCUT2D eigenvalue weighted by Crippen LogP contribution is 2.52. The van der Waals surface area contributed by atoms with Crippen LogP contribution in [0.5, 0.6) is 0 Å². The Balaban J connectivity index is 2.06. The summed E-state index contributed by atoms with van der Waals surface area (Å²) in [5.74, 6) is 0. The third-order valence-electron chi connectivity index (χ3n) is 5.94. The Labute approximate surface area is 128 Å². The fraction of sp³-hybridized carbons (Fsp3) is 0.588. The van der Waals surface area contributed by atoms with E-state index in [2.05, 4.69) is 52.0 Å². The first-order valence-corrected chi connectivity index (χ1v) is 8.01. The van der Waals surface area contributed by atoms with E-state index in [9.17, 15) is 0 Å². The summed E-state index contributed by atoms with van der Waals surface area (Å²) in [6.07, 6.45) is 7.43. The van der Waals surface area contributed by atoms with Crippen LogP contribution in [0.2, 0.25) is 12.6 Å². The Bertz CT molecular complexity index is 669. The van der Waals surface area contributed by atoms with Gasteiger partial charge in [-0.2, -0.15) is 5.10 Å². The van der Waals surface area contributed by atoms with E-state index in [1.54, 1.807) is 6.20 Å². The van der Waals surface area contributed by atoms with Gasteiger partial charge in [0.2, 0.25) is 0 Å². The van der Waals surface area contributed by atoms with Gasteiger partial charge in [-0.1, -0.05) is 58.8 Å². The average molecular weight is 283 g/mol. The highest BCUT2D eigenvalue weighted by atomic mass is 15.2. The van der Waals surface area contributed by atoms with Gasteiger partial charge in [0.15, 0.2) is 6.71 Å². The lowest BCUT2D eigenvalue weighted by atomic mass is 9.42. The zero-order valence-corrected chi connectivity index (χ0v) is 13.9. The molecular weight excluding hydrogens is 257 g/mol. The Kier molecular flexibility index (Phi) is 3.12. The third-order valence-corrected chi connectivity index (χ3v) is 5.94. The number of nitrogens with zero attached hydrogens (tertiary/aromatic N) is 2. The normalized spacial score (nSPS) is 20.3. The van der Waals surface area contributed by atoms with Crippen LogP contribution < -0.4 is 11.2 Å². The smallest absolute Gasteiger partial charge is 0.179 e. The number of fused-ring (bicyclic) bond motifs is 1. The van der Waals surface area contributed by atoms with Crippen LogP contribution in [0.3, 0.4) is 0 Å². The van der Waals surface area contributed by atoms with Gasteiger partial charge in [0, 0.05) is 6.20 Å². The van der Waals surface area contributed by atoms with Crippen molar-refractivity contribution in [1.82, 2.24) is 9.61 Å². The molecule has 0 atom stereocenters. The summed E-state index contributed by atoms with van der Waals surface area (Å²) in [4.78, 5) is 0.